The standard InChI is InChI=1S/C22H26Br4N2O4/c23-15-1-3-21(19(25)9-15)31-13-17(29)11-27-5-7-28(8-6-27)12-18(30)14-32-22-4-2-16(24)10-20(22)26/h1-4,9-10,17-18,29-30H,5-8,11-14H2. The first kappa shape index (κ1) is 26.4. The molecule has 0 amide bonds. The lowest BCUT2D eigenvalue weighted by atomic mass is 10.2. The van der Waals surface area contributed by atoms with Crippen LogP contribution in [0.4, 0.5) is 0 Å². The van der Waals surface area contributed by atoms with E-state index in [0.29, 0.717) is 24.6 Å². The molecule has 32 heavy (non-hydrogen) atoms. The third kappa shape index (κ3) is 8.54. The highest BCUT2D eigenvalue weighted by Crippen LogP contribution is 2.29. The molecule has 2 aromatic carbocycles. The molecular weight excluding hydrogens is 676 g/mol. The van der Waals surface area contributed by atoms with Crippen LogP contribution in [0.2, 0.25) is 0 Å². The number of nitrogens with zero attached hydrogens (tertiary/aromatic N) is 2. The van der Waals surface area contributed by atoms with Gasteiger partial charge in [0.15, 0.2) is 0 Å². The number of rotatable bonds is 10. The fourth-order valence-corrected chi connectivity index (χ4v) is 5.74. The van der Waals surface area contributed by atoms with Crippen LogP contribution in [0.3, 0.4) is 0 Å². The number of hydrogen-bond acceptors (Lipinski definition) is 6. The van der Waals surface area contributed by atoms with Gasteiger partial charge in [-0.15, -0.1) is 0 Å². The molecular formula is C22H26Br4N2O4. The second-order valence-corrected chi connectivity index (χ2v) is 11.2. The van der Waals surface area contributed by atoms with Crippen molar-refractivity contribution in [1.29, 1.82) is 0 Å². The van der Waals surface area contributed by atoms with E-state index in [0.717, 1.165) is 44.1 Å². The highest BCUT2D eigenvalue weighted by molar-refractivity contribution is 9.11. The summed E-state index contributed by atoms with van der Waals surface area (Å²) in [5, 5.41) is 20.7. The molecule has 3 rings (SSSR count). The van der Waals surface area contributed by atoms with Gasteiger partial charge in [0.2, 0.25) is 0 Å². The molecule has 1 aliphatic rings. The first-order chi connectivity index (χ1) is 15.3. The lowest BCUT2D eigenvalue weighted by Gasteiger charge is -2.36. The van der Waals surface area contributed by atoms with Crippen LogP contribution in [-0.2, 0) is 0 Å². The average molecular weight is 702 g/mol. The summed E-state index contributed by atoms with van der Waals surface area (Å²) >= 11 is 13.8. The molecule has 1 saturated heterocycles. The van der Waals surface area contributed by atoms with Crippen LogP contribution >= 0.6 is 63.7 Å². The Kier molecular flexibility index (Phi) is 10.8. The van der Waals surface area contributed by atoms with Crippen LogP contribution in [0.25, 0.3) is 0 Å². The molecule has 1 aliphatic heterocycles. The molecule has 1 heterocycles. The molecule has 0 aliphatic carbocycles. The molecule has 0 aromatic heterocycles. The van der Waals surface area contributed by atoms with Crippen molar-refractivity contribution in [3.63, 3.8) is 0 Å². The monoisotopic (exact) mass is 698 g/mol. The summed E-state index contributed by atoms with van der Waals surface area (Å²) in [4.78, 5) is 4.45. The number of halogens is 4. The van der Waals surface area contributed by atoms with Crippen LogP contribution in [0.1, 0.15) is 0 Å². The fraction of sp³-hybridized carbons (Fsp3) is 0.455. The van der Waals surface area contributed by atoms with E-state index in [1.165, 1.54) is 0 Å². The Hall–Kier alpha value is -0.200. The van der Waals surface area contributed by atoms with Gasteiger partial charge in [-0.2, -0.15) is 0 Å². The summed E-state index contributed by atoms with van der Waals surface area (Å²) in [6.07, 6.45) is -1.14. The fourth-order valence-electron chi connectivity index (χ4n) is 3.41. The number of β-amino-alcohol motifs (C(OH)–C–C–N with tert-alkyl or cyclic N) is 2. The first-order valence-corrected chi connectivity index (χ1v) is 13.4. The number of piperazine rings is 1. The minimum Gasteiger partial charge on any atom is -0.490 e. The van der Waals surface area contributed by atoms with Crippen LogP contribution in [0.15, 0.2) is 54.3 Å². The van der Waals surface area contributed by atoms with E-state index < -0.39 is 12.2 Å². The van der Waals surface area contributed by atoms with Gasteiger partial charge in [0, 0.05) is 48.2 Å². The summed E-state index contributed by atoms with van der Waals surface area (Å²) in [5.74, 6) is 1.42. The Morgan fingerprint density at radius 3 is 1.41 bits per heavy atom. The van der Waals surface area contributed by atoms with Crippen molar-refractivity contribution in [3.8, 4) is 11.5 Å². The van der Waals surface area contributed by atoms with E-state index in [1.807, 2.05) is 36.4 Å². The topological polar surface area (TPSA) is 65.4 Å². The molecule has 2 N–H and O–H groups in total. The molecule has 176 valence electrons. The van der Waals surface area contributed by atoms with E-state index in [4.69, 9.17) is 9.47 Å². The van der Waals surface area contributed by atoms with Crippen LogP contribution in [0.5, 0.6) is 11.5 Å². The Balaban J connectivity index is 1.33. The van der Waals surface area contributed by atoms with E-state index in [1.54, 1.807) is 0 Å². The summed E-state index contributed by atoms with van der Waals surface area (Å²) in [5.41, 5.74) is 0. The van der Waals surface area contributed by atoms with Crippen LogP contribution in [-0.4, -0.2) is 84.7 Å². The number of aliphatic hydroxyl groups excluding tert-OH is 2. The normalized spacial score (nSPS) is 17.2. The maximum atomic E-state index is 10.4. The molecule has 2 unspecified atom stereocenters. The van der Waals surface area contributed by atoms with E-state index in [2.05, 4.69) is 73.5 Å². The molecule has 1 fully saturated rings. The minimum atomic E-state index is -0.569. The van der Waals surface area contributed by atoms with Gasteiger partial charge in [-0.3, -0.25) is 9.80 Å². The second kappa shape index (κ2) is 13.0. The molecule has 2 aromatic rings. The quantitative estimate of drug-likeness (QED) is 0.380. The van der Waals surface area contributed by atoms with Crippen molar-refractivity contribution in [1.82, 2.24) is 9.80 Å². The van der Waals surface area contributed by atoms with Crippen LogP contribution in [0, 0.1) is 0 Å². The van der Waals surface area contributed by atoms with Gasteiger partial charge in [-0.25, -0.2) is 0 Å². The Labute approximate surface area is 222 Å². The Morgan fingerprint density at radius 1 is 0.688 bits per heavy atom. The summed E-state index contributed by atoms with van der Waals surface area (Å²) in [7, 11) is 0. The predicted molar refractivity (Wildman–Crippen MR) is 140 cm³/mol. The molecule has 0 spiro atoms. The lowest BCUT2D eigenvalue weighted by molar-refractivity contribution is 0.0239. The van der Waals surface area contributed by atoms with Gasteiger partial charge >= 0.3 is 0 Å². The van der Waals surface area contributed by atoms with E-state index >= 15 is 0 Å². The third-order valence-electron chi connectivity index (χ3n) is 5.05. The zero-order valence-electron chi connectivity index (χ0n) is 17.4. The number of hydrogen-bond donors (Lipinski definition) is 2. The van der Waals surface area contributed by atoms with Gasteiger partial charge < -0.3 is 19.7 Å². The summed E-state index contributed by atoms with van der Waals surface area (Å²) < 4.78 is 15.1. The smallest absolute Gasteiger partial charge is 0.133 e. The zero-order valence-corrected chi connectivity index (χ0v) is 23.7. The Morgan fingerprint density at radius 2 is 1.06 bits per heavy atom. The minimum absolute atomic E-state index is 0.238. The van der Waals surface area contributed by atoms with Gasteiger partial charge in [0.05, 0.1) is 8.95 Å². The molecule has 0 saturated carbocycles. The zero-order chi connectivity index (χ0) is 23.1. The van der Waals surface area contributed by atoms with Crippen molar-refractivity contribution in [2.24, 2.45) is 0 Å². The highest BCUT2D eigenvalue weighted by atomic mass is 79.9. The number of ether oxygens (including phenoxy) is 2. The van der Waals surface area contributed by atoms with Gasteiger partial charge in [-0.1, -0.05) is 31.9 Å². The lowest BCUT2D eigenvalue weighted by Crippen LogP contribution is -2.51. The van der Waals surface area contributed by atoms with E-state index in [-0.39, 0.29) is 13.2 Å². The first-order valence-electron chi connectivity index (χ1n) is 10.3. The van der Waals surface area contributed by atoms with Crippen molar-refractivity contribution < 1.29 is 19.7 Å². The van der Waals surface area contributed by atoms with Crippen molar-refractivity contribution >= 4 is 63.7 Å². The van der Waals surface area contributed by atoms with Gasteiger partial charge in [0.25, 0.3) is 0 Å². The van der Waals surface area contributed by atoms with E-state index in [9.17, 15) is 10.2 Å². The highest BCUT2D eigenvalue weighted by Gasteiger charge is 2.21. The molecule has 2 atom stereocenters. The molecule has 0 radical (unpaired) electrons. The summed E-state index contributed by atoms with van der Waals surface area (Å²) in [6, 6.07) is 11.4. The SMILES string of the molecule is OC(COc1ccc(Br)cc1Br)CN1CCN(CC(O)COc2ccc(Br)cc2Br)CC1. The predicted octanol–water partition coefficient (Wildman–Crippen LogP) is 4.53. The third-order valence-corrected chi connectivity index (χ3v) is 7.28. The second-order valence-electron chi connectivity index (χ2n) is 7.68. The Bertz CT molecular complexity index is 810. The average Bonchev–Trinajstić information content (AvgIpc) is 2.74. The molecule has 0 bridgehead atoms. The summed E-state index contributed by atoms with van der Waals surface area (Å²) in [6.45, 7) is 4.95. The van der Waals surface area contributed by atoms with Gasteiger partial charge in [-0.05, 0) is 68.3 Å². The molecule has 10 heteroatoms. The number of aliphatic hydroxyl groups is 2. The maximum absolute atomic E-state index is 10.4. The molecule has 6 nitrogen and oxygen atoms in total. The van der Waals surface area contributed by atoms with Crippen molar-refractivity contribution in [2.75, 3.05) is 52.5 Å². The van der Waals surface area contributed by atoms with Crippen molar-refractivity contribution in [3.05, 3.63) is 54.3 Å². The van der Waals surface area contributed by atoms with Crippen LogP contribution < -0.4 is 9.47 Å². The van der Waals surface area contributed by atoms with Crippen molar-refractivity contribution in [2.45, 2.75) is 12.2 Å². The number of benzene rings is 2. The van der Waals surface area contributed by atoms with Gasteiger partial charge in [0.1, 0.15) is 36.9 Å². The maximum Gasteiger partial charge on any atom is 0.133 e. The largest absolute Gasteiger partial charge is 0.490 e.